The van der Waals surface area contributed by atoms with Crippen LogP contribution in [0.15, 0.2) is 30.5 Å². The number of carbonyl (C=O) groups excluding carboxylic acids is 1. The minimum atomic E-state index is -0.0406. The number of nitrogens with one attached hydrogen (secondary N) is 3. The fourth-order valence-electron chi connectivity index (χ4n) is 1.94. The normalized spacial score (nSPS) is 10.2. The number of hydrogen-bond acceptors (Lipinski definition) is 3. The number of aryl methyl sites for hydroxylation is 2. The van der Waals surface area contributed by atoms with Crippen molar-refractivity contribution in [3.8, 4) is 0 Å². The van der Waals surface area contributed by atoms with E-state index in [0.29, 0.717) is 18.8 Å². The van der Waals surface area contributed by atoms with Gasteiger partial charge in [-0.05, 0) is 37.1 Å². The second-order valence-electron chi connectivity index (χ2n) is 4.57. The van der Waals surface area contributed by atoms with Crippen LogP contribution in [-0.4, -0.2) is 22.6 Å². The smallest absolute Gasteiger partial charge is 0.227 e. The average molecular weight is 258 g/mol. The van der Waals surface area contributed by atoms with Gasteiger partial charge in [-0.1, -0.05) is 6.07 Å². The summed E-state index contributed by atoms with van der Waals surface area (Å²) in [7, 11) is 0. The lowest BCUT2D eigenvalue weighted by atomic mass is 10.1. The highest BCUT2D eigenvalue weighted by molar-refractivity contribution is 5.89. The molecule has 0 spiro atoms. The molecular weight excluding hydrogens is 240 g/mol. The van der Waals surface area contributed by atoms with Crippen LogP contribution in [0.3, 0.4) is 0 Å². The van der Waals surface area contributed by atoms with Gasteiger partial charge in [-0.15, -0.1) is 0 Å². The van der Waals surface area contributed by atoms with Crippen molar-refractivity contribution in [3.05, 3.63) is 41.6 Å². The van der Waals surface area contributed by atoms with Crippen molar-refractivity contribution in [2.75, 3.05) is 17.2 Å². The van der Waals surface area contributed by atoms with Gasteiger partial charge in [-0.3, -0.25) is 9.89 Å². The molecule has 2 aromatic rings. The number of H-pyrrole nitrogens is 1. The lowest BCUT2D eigenvalue weighted by Crippen LogP contribution is -2.16. The highest BCUT2D eigenvalue weighted by atomic mass is 16.1. The largest absolute Gasteiger partial charge is 0.385 e. The number of aromatic amines is 1. The van der Waals surface area contributed by atoms with Crippen molar-refractivity contribution in [3.63, 3.8) is 0 Å². The Morgan fingerprint density at radius 1 is 1.26 bits per heavy atom. The van der Waals surface area contributed by atoms with Crippen molar-refractivity contribution in [2.24, 2.45) is 0 Å². The Balaban J connectivity index is 1.78. The Labute approximate surface area is 112 Å². The van der Waals surface area contributed by atoms with E-state index in [2.05, 4.69) is 52.9 Å². The first kappa shape index (κ1) is 13.1. The molecule has 2 rings (SSSR count). The summed E-state index contributed by atoms with van der Waals surface area (Å²) in [5.74, 6) is 0.581. The molecule has 0 aliphatic rings. The minimum absolute atomic E-state index is 0.0406. The molecule has 0 fully saturated rings. The van der Waals surface area contributed by atoms with Crippen LogP contribution in [0.5, 0.6) is 0 Å². The van der Waals surface area contributed by atoms with E-state index in [1.165, 1.54) is 11.1 Å². The van der Waals surface area contributed by atoms with Crippen LogP contribution in [0, 0.1) is 13.8 Å². The number of carbonyl (C=O) groups is 1. The summed E-state index contributed by atoms with van der Waals surface area (Å²) in [6.07, 6.45) is 2.01. The van der Waals surface area contributed by atoms with Crippen molar-refractivity contribution >= 4 is 17.4 Å². The van der Waals surface area contributed by atoms with E-state index < -0.39 is 0 Å². The van der Waals surface area contributed by atoms with E-state index in [0.717, 1.165) is 5.69 Å². The van der Waals surface area contributed by atoms with Crippen molar-refractivity contribution < 1.29 is 4.79 Å². The quantitative estimate of drug-likeness (QED) is 0.771. The number of hydrogen-bond donors (Lipinski definition) is 3. The summed E-state index contributed by atoms with van der Waals surface area (Å²) < 4.78 is 0. The number of aromatic nitrogens is 2. The zero-order chi connectivity index (χ0) is 13.7. The maximum atomic E-state index is 11.6. The van der Waals surface area contributed by atoms with Gasteiger partial charge in [0.1, 0.15) is 5.82 Å². The van der Waals surface area contributed by atoms with Gasteiger partial charge in [0.25, 0.3) is 0 Å². The Kier molecular flexibility index (Phi) is 4.18. The molecule has 3 N–H and O–H groups in total. The van der Waals surface area contributed by atoms with Gasteiger partial charge in [0, 0.05) is 24.7 Å². The number of benzene rings is 1. The first-order chi connectivity index (χ1) is 9.13. The minimum Gasteiger partial charge on any atom is -0.385 e. The van der Waals surface area contributed by atoms with Crippen molar-refractivity contribution in [2.45, 2.75) is 20.3 Å². The van der Waals surface area contributed by atoms with E-state index in [4.69, 9.17) is 0 Å². The molecule has 1 aromatic heterocycles. The first-order valence-corrected chi connectivity index (χ1v) is 6.25. The highest BCUT2D eigenvalue weighted by Crippen LogP contribution is 2.13. The number of rotatable bonds is 5. The van der Waals surface area contributed by atoms with E-state index in [-0.39, 0.29) is 5.91 Å². The van der Waals surface area contributed by atoms with Crippen LogP contribution in [-0.2, 0) is 4.79 Å². The molecule has 0 unspecified atom stereocenters. The number of nitrogens with zero attached hydrogens (tertiary/aromatic N) is 1. The molecule has 0 saturated heterocycles. The summed E-state index contributed by atoms with van der Waals surface area (Å²) in [6, 6.07) is 7.98. The van der Waals surface area contributed by atoms with Crippen LogP contribution in [0.1, 0.15) is 17.5 Å². The fourth-order valence-corrected chi connectivity index (χ4v) is 1.94. The third kappa shape index (κ3) is 4.13. The molecule has 5 heteroatoms. The monoisotopic (exact) mass is 258 g/mol. The topological polar surface area (TPSA) is 69.8 Å². The summed E-state index contributed by atoms with van der Waals surface area (Å²) in [5, 5.41) is 12.4. The summed E-state index contributed by atoms with van der Waals surface area (Å²) in [5.41, 5.74) is 3.47. The predicted molar refractivity (Wildman–Crippen MR) is 76.2 cm³/mol. The fraction of sp³-hybridized carbons (Fsp3) is 0.286. The zero-order valence-electron chi connectivity index (χ0n) is 11.2. The third-order valence-corrected chi connectivity index (χ3v) is 2.68. The Morgan fingerprint density at radius 2 is 2.00 bits per heavy atom. The van der Waals surface area contributed by atoms with Crippen LogP contribution in [0.25, 0.3) is 0 Å². The van der Waals surface area contributed by atoms with Crippen LogP contribution >= 0.6 is 0 Å². The zero-order valence-corrected chi connectivity index (χ0v) is 11.2. The maximum Gasteiger partial charge on any atom is 0.227 e. The maximum absolute atomic E-state index is 11.6. The standard InChI is InChI=1S/C14H18N4O/c1-10-7-11(2)9-12(8-10)15-5-4-14(19)17-13-3-6-16-18-13/h3,6-9,15H,4-5H2,1-2H3,(H2,16,17,18,19). The van der Waals surface area contributed by atoms with Crippen LogP contribution in [0.4, 0.5) is 11.5 Å². The lowest BCUT2D eigenvalue weighted by molar-refractivity contribution is -0.116. The van der Waals surface area contributed by atoms with Gasteiger partial charge in [-0.25, -0.2) is 0 Å². The van der Waals surface area contributed by atoms with E-state index in [1.54, 1.807) is 12.3 Å². The summed E-state index contributed by atoms with van der Waals surface area (Å²) in [4.78, 5) is 11.6. The van der Waals surface area contributed by atoms with Gasteiger partial charge in [0.15, 0.2) is 0 Å². The van der Waals surface area contributed by atoms with Crippen LogP contribution in [0.2, 0.25) is 0 Å². The van der Waals surface area contributed by atoms with Gasteiger partial charge >= 0.3 is 0 Å². The molecule has 1 heterocycles. The Hall–Kier alpha value is -2.30. The summed E-state index contributed by atoms with van der Waals surface area (Å²) in [6.45, 7) is 4.72. The molecule has 100 valence electrons. The molecule has 0 radical (unpaired) electrons. The second kappa shape index (κ2) is 6.04. The third-order valence-electron chi connectivity index (χ3n) is 2.68. The molecule has 1 aromatic carbocycles. The van der Waals surface area contributed by atoms with E-state index >= 15 is 0 Å². The van der Waals surface area contributed by atoms with E-state index in [9.17, 15) is 4.79 Å². The SMILES string of the molecule is Cc1cc(C)cc(NCCC(=O)Nc2ccn[nH]2)c1. The highest BCUT2D eigenvalue weighted by Gasteiger charge is 2.03. The average Bonchev–Trinajstić information content (AvgIpc) is 2.80. The molecule has 0 aliphatic heterocycles. The first-order valence-electron chi connectivity index (χ1n) is 6.25. The van der Waals surface area contributed by atoms with Crippen molar-refractivity contribution in [1.82, 2.24) is 10.2 Å². The molecule has 0 atom stereocenters. The molecule has 0 aliphatic carbocycles. The second-order valence-corrected chi connectivity index (χ2v) is 4.57. The molecule has 1 amide bonds. The summed E-state index contributed by atoms with van der Waals surface area (Å²) >= 11 is 0. The predicted octanol–water partition coefficient (Wildman–Crippen LogP) is 2.47. The number of amides is 1. The molecule has 0 saturated carbocycles. The molecule has 5 nitrogen and oxygen atoms in total. The van der Waals surface area contributed by atoms with Gasteiger partial charge in [-0.2, -0.15) is 5.10 Å². The Bertz CT molecular complexity index is 528. The van der Waals surface area contributed by atoms with E-state index in [1.807, 2.05) is 0 Å². The lowest BCUT2D eigenvalue weighted by Gasteiger charge is -2.08. The Morgan fingerprint density at radius 3 is 2.63 bits per heavy atom. The van der Waals surface area contributed by atoms with Crippen LogP contribution < -0.4 is 10.6 Å². The van der Waals surface area contributed by atoms with Gasteiger partial charge in [0.2, 0.25) is 5.91 Å². The molecule has 19 heavy (non-hydrogen) atoms. The van der Waals surface area contributed by atoms with Gasteiger partial charge < -0.3 is 10.6 Å². The number of anilines is 2. The molecular formula is C14H18N4O. The van der Waals surface area contributed by atoms with Gasteiger partial charge in [0.05, 0.1) is 6.20 Å². The molecule has 0 bridgehead atoms. The van der Waals surface area contributed by atoms with Crippen molar-refractivity contribution in [1.29, 1.82) is 0 Å².